The van der Waals surface area contributed by atoms with Crippen LogP contribution in [0.3, 0.4) is 0 Å². The van der Waals surface area contributed by atoms with Crippen LogP contribution >= 0.6 is 0 Å². The van der Waals surface area contributed by atoms with Crippen LogP contribution in [0.4, 0.5) is 10.1 Å². The number of halogens is 1. The lowest BCUT2D eigenvalue weighted by atomic mass is 9.68. The average Bonchev–Trinajstić information content (AvgIpc) is 3.15. The van der Waals surface area contributed by atoms with Crippen molar-refractivity contribution >= 4 is 31.6 Å². The van der Waals surface area contributed by atoms with Crippen LogP contribution < -0.4 is 10.6 Å². The van der Waals surface area contributed by atoms with E-state index in [0.717, 1.165) is 7.05 Å². The van der Waals surface area contributed by atoms with Crippen molar-refractivity contribution in [1.82, 2.24) is 15.1 Å². The van der Waals surface area contributed by atoms with Crippen molar-refractivity contribution in [2.75, 3.05) is 38.7 Å². The number of carbonyl (C=O) groups is 3. The Kier molecular flexibility index (Phi) is 8.52. The normalized spacial score (nSPS) is 19.3. The molecule has 2 aromatic carbocycles. The number of amides is 2. The molecule has 2 amide bonds. The van der Waals surface area contributed by atoms with Crippen molar-refractivity contribution in [2.45, 2.75) is 36.3 Å². The molecule has 15 heteroatoms. The maximum atomic E-state index is 15.4. The van der Waals surface area contributed by atoms with E-state index in [1.54, 1.807) is 12.1 Å². The third-order valence-electron chi connectivity index (χ3n) is 7.23. The number of nitrogens with zero attached hydrogens (tertiary/aromatic N) is 2. The number of hydrogen-bond donors (Lipinski definition) is 7. The molecule has 4 rings (SSSR count). The molecule has 218 valence electrons. The highest BCUT2D eigenvalue weighted by atomic mass is 19.1. The SMILES string of the molecule is [B]C(O)(C(C(=O)NC)N1C(=O)c2cccc(NCc3cccc(CN4CCOCC4)c3F)c2C1(O)O)C(O)(O)C=O. The number of fused-ring (bicyclic) bond motifs is 1. The van der Waals surface area contributed by atoms with Crippen molar-refractivity contribution in [3.63, 3.8) is 0 Å². The number of nitrogens with one attached hydrogen (secondary N) is 2. The third kappa shape index (κ3) is 5.45. The zero-order valence-electron chi connectivity index (χ0n) is 22.1. The molecule has 2 aromatic rings. The van der Waals surface area contributed by atoms with Gasteiger partial charge in [-0.15, -0.1) is 0 Å². The van der Waals surface area contributed by atoms with Gasteiger partial charge in [-0.05, 0) is 12.1 Å². The molecule has 0 bridgehead atoms. The van der Waals surface area contributed by atoms with Gasteiger partial charge in [0, 0.05) is 50.0 Å². The van der Waals surface area contributed by atoms with Gasteiger partial charge in [0.1, 0.15) is 25.2 Å². The highest BCUT2D eigenvalue weighted by molar-refractivity contribution is 6.20. The van der Waals surface area contributed by atoms with Gasteiger partial charge in [0.25, 0.3) is 11.8 Å². The molecule has 1 saturated heterocycles. The second-order valence-corrected chi connectivity index (χ2v) is 9.86. The first-order chi connectivity index (χ1) is 19.3. The minimum absolute atomic E-state index is 0.0237. The van der Waals surface area contributed by atoms with E-state index in [9.17, 15) is 39.9 Å². The summed E-state index contributed by atoms with van der Waals surface area (Å²) in [6.45, 7) is 2.64. The smallest absolute Gasteiger partial charge is 0.281 e. The van der Waals surface area contributed by atoms with E-state index in [0.29, 0.717) is 38.4 Å². The number of morpholine rings is 1. The lowest BCUT2D eigenvalue weighted by Gasteiger charge is -2.45. The predicted octanol–water partition coefficient (Wildman–Crippen LogP) is -2.33. The second-order valence-electron chi connectivity index (χ2n) is 9.86. The van der Waals surface area contributed by atoms with Crippen molar-refractivity contribution < 1.29 is 49.0 Å². The number of hydrogen-bond acceptors (Lipinski definition) is 11. The first-order valence-electron chi connectivity index (χ1n) is 12.6. The Hall–Kier alpha value is -3.44. The molecule has 2 unspecified atom stereocenters. The molecule has 0 aliphatic carbocycles. The summed E-state index contributed by atoms with van der Waals surface area (Å²) in [5.74, 6) is -10.2. The van der Waals surface area contributed by atoms with Crippen LogP contribution in [0.15, 0.2) is 36.4 Å². The molecule has 0 spiro atoms. The van der Waals surface area contributed by atoms with Gasteiger partial charge in [0.15, 0.2) is 6.29 Å². The quantitative estimate of drug-likeness (QED) is 0.0918. The van der Waals surface area contributed by atoms with E-state index in [1.165, 1.54) is 24.3 Å². The molecule has 2 heterocycles. The number of likely N-dealkylation sites (N-methyl/N-ethyl adjacent to an activating group) is 1. The van der Waals surface area contributed by atoms with Gasteiger partial charge < -0.3 is 40.9 Å². The summed E-state index contributed by atoms with van der Waals surface area (Å²) in [6.07, 6.45) is -0.582. The maximum absolute atomic E-state index is 15.4. The number of aldehydes is 1. The first kappa shape index (κ1) is 30.5. The number of ether oxygens (including phenoxy) is 1. The summed E-state index contributed by atoms with van der Waals surface area (Å²) >= 11 is 0. The van der Waals surface area contributed by atoms with Crippen LogP contribution in [0.25, 0.3) is 0 Å². The highest BCUT2D eigenvalue weighted by Crippen LogP contribution is 2.43. The summed E-state index contributed by atoms with van der Waals surface area (Å²) < 4.78 is 20.7. The fraction of sp³-hybridized carbons (Fsp3) is 0.423. The number of carbonyl (C=O) groups excluding carboxylic acids is 3. The van der Waals surface area contributed by atoms with Crippen LogP contribution in [-0.4, -0.2) is 112 Å². The molecule has 2 aliphatic heterocycles. The van der Waals surface area contributed by atoms with Crippen LogP contribution in [0, 0.1) is 5.82 Å². The van der Waals surface area contributed by atoms with E-state index in [2.05, 4.69) is 10.2 Å². The Morgan fingerprint density at radius 1 is 1.17 bits per heavy atom. The Labute approximate surface area is 235 Å². The van der Waals surface area contributed by atoms with Gasteiger partial charge in [-0.1, -0.05) is 24.3 Å². The highest BCUT2D eigenvalue weighted by Gasteiger charge is 2.62. The van der Waals surface area contributed by atoms with Gasteiger partial charge in [-0.2, -0.15) is 0 Å². The van der Waals surface area contributed by atoms with E-state index in [1.807, 2.05) is 5.32 Å². The molecule has 2 aliphatic rings. The maximum Gasteiger partial charge on any atom is 0.281 e. The summed E-state index contributed by atoms with van der Waals surface area (Å²) in [5, 5.41) is 57.9. The topological polar surface area (TPSA) is 192 Å². The van der Waals surface area contributed by atoms with Crippen LogP contribution in [0.2, 0.25) is 0 Å². The number of anilines is 1. The lowest BCUT2D eigenvalue weighted by molar-refractivity contribution is -0.288. The summed E-state index contributed by atoms with van der Waals surface area (Å²) in [7, 11) is 6.62. The fourth-order valence-electron chi connectivity index (χ4n) is 4.96. The van der Waals surface area contributed by atoms with Crippen LogP contribution in [-0.2, 0) is 33.3 Å². The van der Waals surface area contributed by atoms with Crippen molar-refractivity contribution in [1.29, 1.82) is 0 Å². The largest absolute Gasteiger partial charge is 0.391 e. The predicted molar refractivity (Wildman–Crippen MR) is 140 cm³/mol. The molecule has 7 N–H and O–H groups in total. The fourth-order valence-corrected chi connectivity index (χ4v) is 4.96. The van der Waals surface area contributed by atoms with Crippen molar-refractivity contribution in [3.8, 4) is 0 Å². The zero-order valence-corrected chi connectivity index (χ0v) is 22.1. The Morgan fingerprint density at radius 3 is 2.44 bits per heavy atom. The molecule has 0 aromatic heterocycles. The van der Waals surface area contributed by atoms with Gasteiger partial charge in [0.05, 0.1) is 24.3 Å². The molecule has 1 fully saturated rings. The minimum atomic E-state index is -3.79. The monoisotopic (exact) mass is 572 g/mol. The molecular formula is C26H30BFN4O9. The van der Waals surface area contributed by atoms with Gasteiger partial charge in [-0.25, -0.2) is 4.39 Å². The number of rotatable bonds is 10. The van der Waals surface area contributed by atoms with Gasteiger partial charge in [-0.3, -0.25) is 24.2 Å². The van der Waals surface area contributed by atoms with Gasteiger partial charge >= 0.3 is 0 Å². The van der Waals surface area contributed by atoms with E-state index >= 15 is 4.39 Å². The minimum Gasteiger partial charge on any atom is -0.391 e. The molecule has 2 radical (unpaired) electrons. The van der Waals surface area contributed by atoms with Crippen LogP contribution in [0.5, 0.6) is 0 Å². The third-order valence-corrected chi connectivity index (χ3v) is 7.23. The number of benzene rings is 2. The molecular weight excluding hydrogens is 542 g/mol. The standard InChI is InChI=1S/C26H30BFN4O9/c1-29-22(34)21(25(27,38)24(36,37)14-33)32-23(35)17-6-3-7-18(19(17)26(32,39)40)30-12-15-4-2-5-16(20(15)28)13-31-8-10-41-11-9-31/h2-7,14,21,30,36-40H,8-13H2,1H3,(H,29,34). The molecule has 2 atom stereocenters. The first-order valence-corrected chi connectivity index (χ1v) is 12.6. The van der Waals surface area contributed by atoms with Gasteiger partial charge in [0.2, 0.25) is 11.7 Å². The van der Waals surface area contributed by atoms with E-state index in [-0.39, 0.29) is 28.3 Å². The lowest BCUT2D eigenvalue weighted by Crippen LogP contribution is -2.73. The Morgan fingerprint density at radius 2 is 1.80 bits per heavy atom. The Balaban J connectivity index is 1.66. The zero-order chi connectivity index (χ0) is 30.2. The molecule has 0 saturated carbocycles. The molecule has 13 nitrogen and oxygen atoms in total. The average molecular weight is 572 g/mol. The summed E-state index contributed by atoms with van der Waals surface area (Å²) in [4.78, 5) is 39.4. The summed E-state index contributed by atoms with van der Waals surface area (Å²) in [6, 6.07) is 6.21. The molecule has 41 heavy (non-hydrogen) atoms. The Bertz CT molecular complexity index is 1330. The van der Waals surface area contributed by atoms with Crippen molar-refractivity contribution in [3.05, 3.63) is 64.5 Å². The number of aliphatic hydroxyl groups is 5. The van der Waals surface area contributed by atoms with E-state index in [4.69, 9.17) is 12.6 Å². The van der Waals surface area contributed by atoms with E-state index < -0.39 is 52.7 Å². The van der Waals surface area contributed by atoms with Crippen molar-refractivity contribution in [2.24, 2.45) is 0 Å². The van der Waals surface area contributed by atoms with Crippen LogP contribution in [0.1, 0.15) is 27.0 Å². The summed E-state index contributed by atoms with van der Waals surface area (Å²) in [5.41, 5.74) is -3.79. The second kappa shape index (κ2) is 11.4.